The topological polar surface area (TPSA) is 82.7 Å². The van der Waals surface area contributed by atoms with E-state index in [0.29, 0.717) is 22.7 Å². The highest BCUT2D eigenvalue weighted by atomic mass is 16.5. The molecule has 0 aliphatic heterocycles. The highest BCUT2D eigenvalue weighted by Crippen LogP contribution is 2.23. The molecule has 174 valence electrons. The van der Waals surface area contributed by atoms with Crippen LogP contribution in [0.4, 0.5) is 0 Å². The number of para-hydroxylation sites is 1. The maximum Gasteiger partial charge on any atom is 0.333 e. The second-order valence-electron chi connectivity index (χ2n) is 8.00. The number of benzene rings is 3. The fourth-order valence-electron chi connectivity index (χ4n) is 3.61. The zero-order valence-electron chi connectivity index (χ0n) is 19.0. The summed E-state index contributed by atoms with van der Waals surface area (Å²) in [5.74, 6) is 1.98. The number of ether oxygens (including phenoxy) is 2. The van der Waals surface area contributed by atoms with Crippen molar-refractivity contribution < 1.29 is 19.4 Å². The number of aryl methyl sites for hydroxylation is 1. The van der Waals surface area contributed by atoms with Gasteiger partial charge in [0, 0.05) is 17.5 Å². The van der Waals surface area contributed by atoms with Gasteiger partial charge in [-0.15, -0.1) is 0 Å². The second kappa shape index (κ2) is 10.2. The molecule has 0 amide bonds. The molecule has 7 heteroatoms. The molecule has 0 bridgehead atoms. The van der Waals surface area contributed by atoms with Crippen molar-refractivity contribution in [2.24, 2.45) is 0 Å². The maximum atomic E-state index is 12.9. The molecular weight excluding hydrogens is 432 g/mol. The Bertz CT molecular complexity index is 1310. The third-order valence-corrected chi connectivity index (χ3v) is 5.32. The minimum Gasteiger partial charge on any atom is -0.491 e. The average Bonchev–Trinajstić information content (AvgIpc) is 3.11. The molecule has 4 aromatic rings. The fraction of sp³-hybridized carbons (Fsp3) is 0.185. The quantitative estimate of drug-likeness (QED) is 0.377. The Labute approximate surface area is 197 Å². The monoisotopic (exact) mass is 458 g/mol. The van der Waals surface area contributed by atoms with E-state index in [-0.39, 0.29) is 24.6 Å². The molecule has 7 nitrogen and oxygen atoms in total. The minimum atomic E-state index is -0.881. The van der Waals surface area contributed by atoms with Gasteiger partial charge < -0.3 is 14.6 Å². The maximum absolute atomic E-state index is 12.9. The summed E-state index contributed by atoms with van der Waals surface area (Å²) in [4.78, 5) is 24.4. The number of ketones is 1. The summed E-state index contributed by atoms with van der Waals surface area (Å²) in [5, 5.41) is 10.4. The highest BCUT2D eigenvalue weighted by molar-refractivity contribution is 5.94. The van der Waals surface area contributed by atoms with Gasteiger partial charge in [-0.25, -0.2) is 4.79 Å². The van der Waals surface area contributed by atoms with Crippen LogP contribution in [-0.4, -0.2) is 32.7 Å². The van der Waals surface area contributed by atoms with Crippen LogP contribution in [0, 0.1) is 6.92 Å². The first-order valence-electron chi connectivity index (χ1n) is 10.9. The van der Waals surface area contributed by atoms with E-state index in [1.165, 1.54) is 11.5 Å². The fourth-order valence-corrected chi connectivity index (χ4v) is 3.61. The number of Topliss-reactive ketones (excluding diaryl/α,β-unsaturated/α-hetero) is 1. The lowest BCUT2D eigenvalue weighted by Gasteiger charge is -2.13. The number of hydrogen-bond acceptors (Lipinski definition) is 5. The van der Waals surface area contributed by atoms with Crippen LogP contribution in [0.5, 0.6) is 17.2 Å². The molecule has 0 saturated carbocycles. The van der Waals surface area contributed by atoms with Crippen LogP contribution >= 0.6 is 0 Å². The van der Waals surface area contributed by atoms with Crippen LogP contribution in [-0.2, 0) is 6.54 Å². The average molecular weight is 459 g/mol. The summed E-state index contributed by atoms with van der Waals surface area (Å²) in [6.07, 6.45) is 0.813. The number of hydrogen-bond donors (Lipinski definition) is 1. The molecule has 0 saturated heterocycles. The molecule has 4 rings (SSSR count). The molecule has 3 aromatic carbocycles. The number of carbonyl (C=O) groups excluding carboxylic acids is 1. The summed E-state index contributed by atoms with van der Waals surface area (Å²) in [7, 11) is 0. The molecule has 1 atom stereocenters. The molecular formula is C27H26N2O5. The standard InChI is InChI=1S/C27H26N2O5/c1-19-16-28(27(32)29(19)22-10-8-21(9-11-22)20(2)30)17-23(31)18-33-24-12-14-26(15-13-24)34-25-6-4-3-5-7-25/h3-16,23,31H,17-18H2,1-2H3/t23-/m1/s1. The van der Waals surface area contributed by atoms with E-state index >= 15 is 0 Å². The smallest absolute Gasteiger partial charge is 0.333 e. The lowest BCUT2D eigenvalue weighted by atomic mass is 10.1. The van der Waals surface area contributed by atoms with Crippen molar-refractivity contribution >= 4 is 5.78 Å². The zero-order chi connectivity index (χ0) is 24.1. The molecule has 0 radical (unpaired) electrons. The van der Waals surface area contributed by atoms with Crippen LogP contribution in [0.15, 0.2) is 89.9 Å². The summed E-state index contributed by atoms with van der Waals surface area (Å²) in [6.45, 7) is 3.44. The first kappa shape index (κ1) is 23.1. The third kappa shape index (κ3) is 5.44. The zero-order valence-corrected chi connectivity index (χ0v) is 19.0. The van der Waals surface area contributed by atoms with E-state index < -0.39 is 6.10 Å². The summed E-state index contributed by atoms with van der Waals surface area (Å²) in [5.41, 5.74) is 1.70. The normalized spacial score (nSPS) is 11.7. The number of rotatable bonds is 9. The van der Waals surface area contributed by atoms with Crippen LogP contribution < -0.4 is 15.2 Å². The van der Waals surface area contributed by atoms with Gasteiger partial charge in [0.2, 0.25) is 0 Å². The number of aromatic nitrogens is 2. The van der Waals surface area contributed by atoms with Gasteiger partial charge in [0.15, 0.2) is 5.78 Å². The number of aliphatic hydroxyl groups excluding tert-OH is 1. The third-order valence-electron chi connectivity index (χ3n) is 5.32. The molecule has 0 aliphatic carbocycles. The van der Waals surface area contributed by atoms with Gasteiger partial charge in [-0.05, 0) is 74.5 Å². The summed E-state index contributed by atoms with van der Waals surface area (Å²) < 4.78 is 14.4. The number of imidazole rings is 1. The molecule has 0 fully saturated rings. The van der Waals surface area contributed by atoms with Gasteiger partial charge in [-0.1, -0.05) is 18.2 Å². The predicted molar refractivity (Wildman–Crippen MR) is 129 cm³/mol. The molecule has 1 aromatic heterocycles. The SMILES string of the molecule is CC(=O)c1ccc(-n2c(C)cn(C[C@@H](O)COc3ccc(Oc4ccccc4)cc3)c2=O)cc1. The van der Waals surface area contributed by atoms with Crippen molar-refractivity contribution in [1.82, 2.24) is 9.13 Å². The number of aliphatic hydroxyl groups is 1. The number of carbonyl (C=O) groups is 1. The van der Waals surface area contributed by atoms with E-state index in [4.69, 9.17) is 9.47 Å². The van der Waals surface area contributed by atoms with Crippen molar-refractivity contribution in [3.05, 3.63) is 107 Å². The second-order valence-corrected chi connectivity index (χ2v) is 8.00. The van der Waals surface area contributed by atoms with Crippen molar-refractivity contribution in [3.8, 4) is 22.9 Å². The Morgan fingerprint density at radius 3 is 2.18 bits per heavy atom. The summed E-state index contributed by atoms with van der Waals surface area (Å²) in [6, 6.07) is 23.5. The largest absolute Gasteiger partial charge is 0.491 e. The van der Waals surface area contributed by atoms with Gasteiger partial charge in [-0.2, -0.15) is 0 Å². The van der Waals surface area contributed by atoms with Gasteiger partial charge in [0.25, 0.3) is 0 Å². The first-order chi connectivity index (χ1) is 16.4. The van der Waals surface area contributed by atoms with Crippen LogP contribution in [0.2, 0.25) is 0 Å². The lowest BCUT2D eigenvalue weighted by molar-refractivity contribution is 0.0915. The Balaban J connectivity index is 1.36. The first-order valence-corrected chi connectivity index (χ1v) is 10.9. The van der Waals surface area contributed by atoms with Gasteiger partial charge in [0.1, 0.15) is 30.0 Å². The van der Waals surface area contributed by atoms with Crippen LogP contribution in [0.1, 0.15) is 23.0 Å². The Kier molecular flexibility index (Phi) is 6.94. The van der Waals surface area contributed by atoms with E-state index in [9.17, 15) is 14.7 Å². The van der Waals surface area contributed by atoms with Crippen LogP contribution in [0.25, 0.3) is 5.69 Å². The molecule has 0 spiro atoms. The van der Waals surface area contributed by atoms with Crippen molar-refractivity contribution in [3.63, 3.8) is 0 Å². The Morgan fingerprint density at radius 2 is 1.53 bits per heavy atom. The molecule has 34 heavy (non-hydrogen) atoms. The number of nitrogens with zero attached hydrogens (tertiary/aromatic N) is 2. The van der Waals surface area contributed by atoms with E-state index in [1.54, 1.807) is 59.3 Å². The Morgan fingerprint density at radius 1 is 0.912 bits per heavy atom. The van der Waals surface area contributed by atoms with Gasteiger partial charge >= 0.3 is 5.69 Å². The molecule has 1 N–H and O–H groups in total. The van der Waals surface area contributed by atoms with Gasteiger partial charge in [-0.3, -0.25) is 13.9 Å². The van der Waals surface area contributed by atoms with Crippen LogP contribution in [0.3, 0.4) is 0 Å². The van der Waals surface area contributed by atoms with E-state index in [0.717, 1.165) is 11.4 Å². The highest BCUT2D eigenvalue weighted by Gasteiger charge is 2.14. The van der Waals surface area contributed by atoms with Crippen molar-refractivity contribution in [2.45, 2.75) is 26.5 Å². The summed E-state index contributed by atoms with van der Waals surface area (Å²) >= 11 is 0. The predicted octanol–water partition coefficient (Wildman–Crippen LogP) is 4.38. The van der Waals surface area contributed by atoms with Crippen molar-refractivity contribution in [1.29, 1.82) is 0 Å². The molecule has 1 heterocycles. The van der Waals surface area contributed by atoms with Gasteiger partial charge in [0.05, 0.1) is 12.2 Å². The minimum absolute atomic E-state index is 0.0306. The molecule has 0 unspecified atom stereocenters. The van der Waals surface area contributed by atoms with Crippen molar-refractivity contribution in [2.75, 3.05) is 6.61 Å². The lowest BCUT2D eigenvalue weighted by Crippen LogP contribution is -2.30. The molecule has 0 aliphatic rings. The Hall–Kier alpha value is -4.10. The van der Waals surface area contributed by atoms with E-state index in [1.807, 2.05) is 37.3 Å². The van der Waals surface area contributed by atoms with E-state index in [2.05, 4.69) is 0 Å².